The number of hydrogen-bond donors (Lipinski definition) is 0. The Morgan fingerprint density at radius 3 is 2.52 bits per heavy atom. The van der Waals surface area contributed by atoms with E-state index in [0.717, 1.165) is 41.2 Å². The van der Waals surface area contributed by atoms with Crippen molar-refractivity contribution in [3.63, 3.8) is 0 Å². The highest BCUT2D eigenvalue weighted by Gasteiger charge is 2.30. The van der Waals surface area contributed by atoms with E-state index in [0.29, 0.717) is 12.2 Å². The molecular weight excluding hydrogens is 410 g/mol. The molecule has 0 aromatic heterocycles. The van der Waals surface area contributed by atoms with Gasteiger partial charge in [-0.25, -0.2) is 4.79 Å². The van der Waals surface area contributed by atoms with Crippen LogP contribution in [0.25, 0.3) is 0 Å². The zero-order valence-electron chi connectivity index (χ0n) is 20.1. The molecule has 1 aliphatic heterocycles. The van der Waals surface area contributed by atoms with Crippen molar-refractivity contribution in [2.75, 3.05) is 11.5 Å². The van der Waals surface area contributed by atoms with Crippen LogP contribution in [-0.2, 0) is 16.0 Å². The van der Waals surface area contributed by atoms with Crippen molar-refractivity contribution < 1.29 is 14.3 Å². The first kappa shape index (κ1) is 24.1. The van der Waals surface area contributed by atoms with Crippen molar-refractivity contribution in [3.8, 4) is 5.75 Å². The normalized spacial score (nSPS) is 15.9. The second-order valence-corrected chi connectivity index (χ2v) is 8.60. The molecule has 4 nitrogen and oxygen atoms in total. The first-order chi connectivity index (χ1) is 15.8. The van der Waals surface area contributed by atoms with Crippen LogP contribution in [0.1, 0.15) is 38.3 Å². The molecule has 4 heteroatoms. The zero-order valence-corrected chi connectivity index (χ0v) is 20.1. The predicted molar refractivity (Wildman–Crippen MR) is 136 cm³/mol. The third-order valence-electron chi connectivity index (χ3n) is 5.35. The van der Waals surface area contributed by atoms with Crippen LogP contribution in [0.2, 0.25) is 0 Å². The number of carbonyl (C=O) groups excluding carboxylic acids is 1. The monoisotopic (exact) mass is 443 g/mol. The van der Waals surface area contributed by atoms with Crippen LogP contribution in [-0.4, -0.2) is 18.7 Å². The van der Waals surface area contributed by atoms with E-state index < -0.39 is 0 Å². The van der Waals surface area contributed by atoms with E-state index >= 15 is 0 Å². The van der Waals surface area contributed by atoms with Gasteiger partial charge < -0.3 is 14.4 Å². The molecule has 0 saturated carbocycles. The zero-order chi connectivity index (χ0) is 24.0. The summed E-state index contributed by atoms with van der Waals surface area (Å²) in [6, 6.07) is 14.8. The Hall–Kier alpha value is -3.53. The maximum atomic E-state index is 11.5. The predicted octanol–water partition coefficient (Wildman–Crippen LogP) is 6.98. The lowest BCUT2D eigenvalue weighted by Gasteiger charge is -2.38. The Morgan fingerprint density at radius 1 is 1.15 bits per heavy atom. The number of allylic oxidation sites excluding steroid dienone is 3. The summed E-state index contributed by atoms with van der Waals surface area (Å²) in [4.78, 5) is 13.8. The smallest absolute Gasteiger partial charge is 0.333 e. The Labute approximate surface area is 197 Å². The van der Waals surface area contributed by atoms with Crippen molar-refractivity contribution in [2.24, 2.45) is 0 Å². The molecule has 0 aliphatic carbocycles. The molecule has 0 saturated heterocycles. The summed E-state index contributed by atoms with van der Waals surface area (Å²) in [6.07, 6.45) is 7.39. The quantitative estimate of drug-likeness (QED) is 0.191. The van der Waals surface area contributed by atoms with E-state index in [4.69, 9.17) is 9.47 Å². The minimum absolute atomic E-state index is 0.252. The van der Waals surface area contributed by atoms with E-state index in [2.05, 4.69) is 93.4 Å². The fourth-order valence-electron chi connectivity index (χ4n) is 3.62. The molecule has 0 fully saturated rings. The molecule has 33 heavy (non-hydrogen) atoms. The van der Waals surface area contributed by atoms with Crippen molar-refractivity contribution in [3.05, 3.63) is 102 Å². The third-order valence-corrected chi connectivity index (χ3v) is 5.35. The van der Waals surface area contributed by atoms with Crippen molar-refractivity contribution in [2.45, 2.75) is 46.6 Å². The molecule has 1 atom stereocenters. The number of esters is 1. The van der Waals surface area contributed by atoms with Crippen molar-refractivity contribution in [1.29, 1.82) is 0 Å². The molecule has 0 amide bonds. The van der Waals surface area contributed by atoms with Gasteiger partial charge >= 0.3 is 5.97 Å². The van der Waals surface area contributed by atoms with E-state index in [-0.39, 0.29) is 12.1 Å². The van der Waals surface area contributed by atoms with Crippen LogP contribution in [0.3, 0.4) is 0 Å². The standard InChI is InChI=1S/C29H33NO3/c1-7-27-25(16-10-20(2)3)30(26-17-11-22(6)19-28(26)33-27)24-14-12-23(13-15-24)9-8-18-32-29(31)21(4)5/h7,10-17,19,27H,1,4,8-9,18H2,2-3,5-6H3/b25-16+. The molecule has 0 N–H and O–H groups in total. The first-order valence-corrected chi connectivity index (χ1v) is 11.3. The average molecular weight is 444 g/mol. The second kappa shape index (κ2) is 10.9. The Balaban J connectivity index is 1.87. The molecule has 3 rings (SSSR count). The van der Waals surface area contributed by atoms with Gasteiger partial charge in [0, 0.05) is 11.3 Å². The molecule has 0 spiro atoms. The number of anilines is 2. The number of benzene rings is 2. The van der Waals surface area contributed by atoms with Gasteiger partial charge in [0.25, 0.3) is 0 Å². The van der Waals surface area contributed by atoms with Crippen LogP contribution in [0, 0.1) is 6.92 Å². The van der Waals surface area contributed by atoms with Crippen LogP contribution in [0.4, 0.5) is 11.4 Å². The maximum Gasteiger partial charge on any atom is 0.333 e. The van der Waals surface area contributed by atoms with Gasteiger partial charge in [0.05, 0.1) is 18.0 Å². The number of rotatable bonds is 8. The lowest BCUT2D eigenvalue weighted by Crippen LogP contribution is -2.33. The minimum atomic E-state index is -0.334. The third kappa shape index (κ3) is 6.04. The number of nitrogens with zero attached hydrogens (tertiary/aromatic N) is 1. The van der Waals surface area contributed by atoms with Gasteiger partial charge in [-0.15, -0.1) is 0 Å². The summed E-state index contributed by atoms with van der Waals surface area (Å²) in [5.41, 5.74) is 7.06. The summed E-state index contributed by atoms with van der Waals surface area (Å²) < 4.78 is 11.5. The molecule has 1 aliphatic rings. The van der Waals surface area contributed by atoms with Gasteiger partial charge in [0.15, 0.2) is 6.10 Å². The van der Waals surface area contributed by atoms with Crippen LogP contribution < -0.4 is 9.64 Å². The highest BCUT2D eigenvalue weighted by molar-refractivity contribution is 5.86. The molecule has 0 radical (unpaired) electrons. The molecule has 2 aromatic rings. The Kier molecular flexibility index (Phi) is 7.94. The summed E-state index contributed by atoms with van der Waals surface area (Å²) in [5.74, 6) is 0.511. The number of aryl methyl sites for hydroxylation is 2. The molecule has 0 bridgehead atoms. The molecular formula is C29H33NO3. The van der Waals surface area contributed by atoms with E-state index in [1.54, 1.807) is 6.92 Å². The minimum Gasteiger partial charge on any atom is -0.478 e. The van der Waals surface area contributed by atoms with Gasteiger partial charge in [-0.05, 0) is 88.1 Å². The van der Waals surface area contributed by atoms with Gasteiger partial charge in [-0.3, -0.25) is 0 Å². The summed E-state index contributed by atoms with van der Waals surface area (Å²) >= 11 is 0. The molecule has 2 aromatic carbocycles. The lowest BCUT2D eigenvalue weighted by atomic mass is 10.0. The van der Waals surface area contributed by atoms with Crippen molar-refractivity contribution in [1.82, 2.24) is 0 Å². The number of fused-ring (bicyclic) bond motifs is 1. The number of carbonyl (C=O) groups is 1. The second-order valence-electron chi connectivity index (χ2n) is 8.60. The summed E-state index contributed by atoms with van der Waals surface area (Å²) in [6.45, 7) is 15.9. The van der Waals surface area contributed by atoms with Gasteiger partial charge in [-0.2, -0.15) is 0 Å². The largest absolute Gasteiger partial charge is 0.478 e. The topological polar surface area (TPSA) is 38.8 Å². The van der Waals surface area contributed by atoms with Gasteiger partial charge in [-0.1, -0.05) is 43.0 Å². The Morgan fingerprint density at radius 2 is 1.88 bits per heavy atom. The summed E-state index contributed by atoms with van der Waals surface area (Å²) in [7, 11) is 0. The fraction of sp³-hybridized carbons (Fsp3) is 0.276. The Bertz CT molecular complexity index is 1090. The van der Waals surface area contributed by atoms with Crippen LogP contribution in [0.15, 0.2) is 90.7 Å². The molecule has 172 valence electrons. The van der Waals surface area contributed by atoms with E-state index in [1.165, 1.54) is 11.1 Å². The number of ether oxygens (including phenoxy) is 2. The van der Waals surface area contributed by atoms with Gasteiger partial charge in [0.2, 0.25) is 0 Å². The highest BCUT2D eigenvalue weighted by Crippen LogP contribution is 2.43. The first-order valence-electron chi connectivity index (χ1n) is 11.3. The van der Waals surface area contributed by atoms with Crippen molar-refractivity contribution >= 4 is 17.3 Å². The molecule has 1 heterocycles. The van der Waals surface area contributed by atoms with Gasteiger partial charge in [0.1, 0.15) is 5.75 Å². The van der Waals surface area contributed by atoms with Crippen LogP contribution in [0.5, 0.6) is 5.75 Å². The number of hydrogen-bond acceptors (Lipinski definition) is 4. The summed E-state index contributed by atoms with van der Waals surface area (Å²) in [5, 5.41) is 0. The highest BCUT2D eigenvalue weighted by atomic mass is 16.5. The van der Waals surface area contributed by atoms with E-state index in [9.17, 15) is 4.79 Å². The maximum absolute atomic E-state index is 11.5. The van der Waals surface area contributed by atoms with E-state index in [1.807, 2.05) is 6.08 Å². The SMILES string of the molecule is C=CC1Oc2cc(C)ccc2N(c2ccc(CCCOC(=O)C(=C)C)cc2)/C1=C/C=C(C)C. The fourth-order valence-corrected chi connectivity index (χ4v) is 3.62. The average Bonchev–Trinajstić information content (AvgIpc) is 2.79. The lowest BCUT2D eigenvalue weighted by molar-refractivity contribution is -0.139. The molecule has 1 unspecified atom stereocenters. The van der Waals surface area contributed by atoms with Crippen LogP contribution >= 0.6 is 0 Å².